The molecule has 1 heterocycles. The van der Waals surface area contributed by atoms with Gasteiger partial charge in [-0.15, -0.1) is 11.3 Å². The van der Waals surface area contributed by atoms with Gasteiger partial charge in [0.25, 0.3) is 0 Å². The lowest BCUT2D eigenvalue weighted by molar-refractivity contribution is 0.218. The van der Waals surface area contributed by atoms with Gasteiger partial charge in [-0.25, -0.2) is 4.99 Å². The van der Waals surface area contributed by atoms with Crippen molar-refractivity contribution in [3.63, 3.8) is 0 Å². The van der Waals surface area contributed by atoms with Gasteiger partial charge in [0.1, 0.15) is 16.8 Å². The van der Waals surface area contributed by atoms with E-state index in [0.29, 0.717) is 11.3 Å². The van der Waals surface area contributed by atoms with Gasteiger partial charge < -0.3 is 4.74 Å². The summed E-state index contributed by atoms with van der Waals surface area (Å²) in [7, 11) is 1.66. The molecule has 1 atom stereocenters. The number of ether oxygens (including phenoxy) is 1. The van der Waals surface area contributed by atoms with Crippen molar-refractivity contribution < 1.29 is 4.74 Å². The van der Waals surface area contributed by atoms with Crippen molar-refractivity contribution in [1.29, 1.82) is 5.26 Å². The van der Waals surface area contributed by atoms with E-state index in [1.165, 1.54) is 10.4 Å². The number of nitrogens with zero attached hydrogens (tertiary/aromatic N) is 2. The second-order valence-electron chi connectivity index (χ2n) is 7.64. The third-order valence-corrected chi connectivity index (χ3v) is 6.17. The first-order valence-corrected chi connectivity index (χ1v) is 9.46. The quantitative estimate of drug-likeness (QED) is 0.682. The second-order valence-corrected chi connectivity index (χ2v) is 8.72. The van der Waals surface area contributed by atoms with E-state index in [0.717, 1.165) is 41.1 Å². The van der Waals surface area contributed by atoms with Crippen molar-refractivity contribution in [2.75, 3.05) is 7.11 Å². The molecule has 0 amide bonds. The van der Waals surface area contributed by atoms with Gasteiger partial charge in [0, 0.05) is 11.1 Å². The predicted molar refractivity (Wildman–Crippen MR) is 104 cm³/mol. The van der Waals surface area contributed by atoms with E-state index < -0.39 is 0 Å². The summed E-state index contributed by atoms with van der Waals surface area (Å²) < 4.78 is 5.25. The van der Waals surface area contributed by atoms with Crippen LogP contribution in [0.2, 0.25) is 0 Å². The Hall–Kier alpha value is -2.12. The van der Waals surface area contributed by atoms with Crippen molar-refractivity contribution in [2.24, 2.45) is 16.3 Å². The van der Waals surface area contributed by atoms with E-state index >= 15 is 0 Å². The molecule has 0 N–H and O–H groups in total. The molecule has 0 unspecified atom stereocenters. The van der Waals surface area contributed by atoms with Crippen LogP contribution in [0, 0.1) is 22.7 Å². The molecule has 0 saturated carbocycles. The summed E-state index contributed by atoms with van der Waals surface area (Å²) in [6, 6.07) is 10.2. The molecule has 130 valence electrons. The first-order valence-electron chi connectivity index (χ1n) is 8.65. The Bertz CT molecular complexity index is 837. The lowest BCUT2D eigenvalue weighted by atomic mass is 9.72. The molecular weight excluding hydrogens is 328 g/mol. The third-order valence-electron chi connectivity index (χ3n) is 5.01. The van der Waals surface area contributed by atoms with Crippen LogP contribution in [-0.2, 0) is 12.8 Å². The van der Waals surface area contributed by atoms with Crippen LogP contribution in [0.25, 0.3) is 0 Å². The number of nitriles is 1. The zero-order chi connectivity index (χ0) is 18.0. The minimum atomic E-state index is 0.304. The normalized spacial score (nSPS) is 17.3. The fourth-order valence-corrected chi connectivity index (χ4v) is 4.59. The molecule has 3 nitrogen and oxygen atoms in total. The summed E-state index contributed by atoms with van der Waals surface area (Å²) in [5.41, 5.74) is 3.28. The van der Waals surface area contributed by atoms with Gasteiger partial charge in [0.2, 0.25) is 0 Å². The summed E-state index contributed by atoms with van der Waals surface area (Å²) in [6.45, 7) is 6.93. The molecule has 1 aromatic heterocycles. The van der Waals surface area contributed by atoms with E-state index in [4.69, 9.17) is 4.74 Å². The van der Waals surface area contributed by atoms with Crippen molar-refractivity contribution in [1.82, 2.24) is 0 Å². The van der Waals surface area contributed by atoms with Crippen molar-refractivity contribution in [3.05, 3.63) is 45.8 Å². The van der Waals surface area contributed by atoms with E-state index in [-0.39, 0.29) is 0 Å². The Morgan fingerprint density at radius 2 is 2.16 bits per heavy atom. The lowest BCUT2D eigenvalue weighted by Crippen LogP contribution is -2.26. The number of fused-ring (bicyclic) bond motifs is 1. The van der Waals surface area contributed by atoms with Gasteiger partial charge in [-0.1, -0.05) is 32.9 Å². The van der Waals surface area contributed by atoms with Crippen LogP contribution in [-0.4, -0.2) is 13.3 Å². The van der Waals surface area contributed by atoms with Gasteiger partial charge >= 0.3 is 0 Å². The zero-order valence-electron chi connectivity index (χ0n) is 15.3. The number of thiophene rings is 1. The van der Waals surface area contributed by atoms with Gasteiger partial charge in [-0.3, -0.25) is 0 Å². The van der Waals surface area contributed by atoms with Crippen LogP contribution in [0.3, 0.4) is 0 Å². The molecule has 0 spiro atoms. The molecule has 1 aliphatic carbocycles. The molecule has 0 fully saturated rings. The number of hydrogen-bond acceptors (Lipinski definition) is 4. The summed E-state index contributed by atoms with van der Waals surface area (Å²) in [4.78, 5) is 5.98. The molecule has 0 saturated heterocycles. The van der Waals surface area contributed by atoms with Crippen LogP contribution in [0.15, 0.2) is 29.3 Å². The highest BCUT2D eigenvalue weighted by molar-refractivity contribution is 7.16. The Morgan fingerprint density at radius 3 is 2.84 bits per heavy atom. The van der Waals surface area contributed by atoms with E-state index in [2.05, 4.69) is 31.8 Å². The van der Waals surface area contributed by atoms with Crippen molar-refractivity contribution >= 4 is 22.6 Å². The molecule has 3 rings (SSSR count). The topological polar surface area (TPSA) is 45.4 Å². The summed E-state index contributed by atoms with van der Waals surface area (Å²) in [5.74, 6) is 1.48. The van der Waals surface area contributed by atoms with Crippen LogP contribution in [0.1, 0.15) is 48.8 Å². The van der Waals surface area contributed by atoms with Crippen molar-refractivity contribution in [3.8, 4) is 11.8 Å². The maximum atomic E-state index is 9.63. The second kappa shape index (κ2) is 7.01. The molecule has 4 heteroatoms. The van der Waals surface area contributed by atoms with Gasteiger partial charge in [0.15, 0.2) is 0 Å². The first-order chi connectivity index (χ1) is 11.9. The van der Waals surface area contributed by atoms with Crippen LogP contribution < -0.4 is 4.74 Å². The van der Waals surface area contributed by atoms with Gasteiger partial charge in [-0.05, 0) is 53.9 Å². The van der Waals surface area contributed by atoms with Crippen LogP contribution in [0.4, 0.5) is 5.00 Å². The Morgan fingerprint density at radius 1 is 1.36 bits per heavy atom. The van der Waals surface area contributed by atoms with Crippen LogP contribution in [0.5, 0.6) is 5.75 Å². The first kappa shape index (κ1) is 17.7. The average molecular weight is 353 g/mol. The molecule has 0 aliphatic heterocycles. The number of aliphatic imine (C=N–C) groups is 1. The standard InChI is InChI=1S/C21H24N2OS/c1-21(2,3)15-8-9-17-18(12-22)20(25-19(17)11-15)23-13-14-6-5-7-16(10-14)24-4/h5-7,10,13,15H,8-9,11H2,1-4H3/t15-/m1/s1. The van der Waals surface area contributed by atoms with Gasteiger partial charge in [0.05, 0.1) is 12.7 Å². The Labute approximate surface area is 154 Å². The number of rotatable bonds is 3. The SMILES string of the molecule is COc1cccc(C=Nc2sc3c(c2C#N)CC[C@@H](C(C)(C)C)C3)c1. The molecule has 2 aromatic rings. The minimum absolute atomic E-state index is 0.304. The predicted octanol–water partition coefficient (Wildman–Crippen LogP) is 5.53. The molecule has 0 radical (unpaired) electrons. The van der Waals surface area contributed by atoms with E-state index in [1.807, 2.05) is 30.5 Å². The Balaban J connectivity index is 1.89. The van der Waals surface area contributed by atoms with Crippen LogP contribution >= 0.6 is 11.3 Å². The Kier molecular flexibility index (Phi) is 4.96. The highest BCUT2D eigenvalue weighted by Crippen LogP contribution is 2.44. The third kappa shape index (κ3) is 3.77. The summed E-state index contributed by atoms with van der Waals surface area (Å²) in [5, 5.41) is 10.5. The lowest BCUT2D eigenvalue weighted by Gasteiger charge is -2.33. The molecule has 1 aromatic carbocycles. The minimum Gasteiger partial charge on any atom is -0.497 e. The molecule has 25 heavy (non-hydrogen) atoms. The monoisotopic (exact) mass is 352 g/mol. The average Bonchev–Trinajstić information content (AvgIpc) is 2.96. The largest absolute Gasteiger partial charge is 0.497 e. The van der Waals surface area contributed by atoms with Crippen molar-refractivity contribution in [2.45, 2.75) is 40.0 Å². The smallest absolute Gasteiger partial charge is 0.134 e. The maximum absolute atomic E-state index is 9.63. The van der Waals surface area contributed by atoms with E-state index in [1.54, 1.807) is 18.4 Å². The summed E-state index contributed by atoms with van der Waals surface area (Å²) in [6.07, 6.45) is 5.03. The molecular formula is C21H24N2OS. The van der Waals surface area contributed by atoms with E-state index in [9.17, 15) is 5.26 Å². The fraction of sp³-hybridized carbons (Fsp3) is 0.429. The summed E-state index contributed by atoms with van der Waals surface area (Å²) >= 11 is 1.68. The number of methoxy groups -OCH3 is 1. The molecule has 1 aliphatic rings. The number of benzene rings is 1. The highest BCUT2D eigenvalue weighted by Gasteiger charge is 2.32. The van der Waals surface area contributed by atoms with Gasteiger partial charge in [-0.2, -0.15) is 5.26 Å². The zero-order valence-corrected chi connectivity index (χ0v) is 16.1. The maximum Gasteiger partial charge on any atom is 0.134 e. The highest BCUT2D eigenvalue weighted by atomic mass is 32.1. The fourth-order valence-electron chi connectivity index (χ4n) is 3.37. The number of hydrogen-bond donors (Lipinski definition) is 0. The molecule has 0 bridgehead atoms.